The van der Waals surface area contributed by atoms with Gasteiger partial charge in [0.05, 0.1) is 26.0 Å². The van der Waals surface area contributed by atoms with Crippen LogP contribution in [0.5, 0.6) is 5.88 Å². The molecule has 0 fully saturated rings. The van der Waals surface area contributed by atoms with E-state index in [2.05, 4.69) is 30.0 Å². The van der Waals surface area contributed by atoms with Crippen LogP contribution in [-0.4, -0.2) is 59.5 Å². The molecule has 2 heterocycles. The average molecular weight is 457 g/mol. The Bertz CT molecular complexity index is 989. The number of rotatable bonds is 11. The van der Waals surface area contributed by atoms with Gasteiger partial charge in [0.2, 0.25) is 27.8 Å². The van der Waals surface area contributed by atoms with E-state index in [0.29, 0.717) is 23.7 Å². The molecule has 0 aromatic carbocycles. The highest BCUT2D eigenvalue weighted by molar-refractivity contribution is 7.91. The summed E-state index contributed by atoms with van der Waals surface area (Å²) in [7, 11) is -2.27. The summed E-state index contributed by atoms with van der Waals surface area (Å²) >= 11 is 0. The Morgan fingerprint density at radius 3 is 2.42 bits per heavy atom. The molecule has 0 amide bonds. The number of anilines is 2. The number of sulfonamides is 1. The predicted octanol–water partition coefficient (Wildman–Crippen LogP) is 1.95. The van der Waals surface area contributed by atoms with E-state index in [1.54, 1.807) is 0 Å². The SMILES string of the molecule is COc1ncc(C(C)Cc2nc(NC(CO)CC(C)C)nc(NS(C)(=O)=O)n2)cc1F. The molecule has 0 aliphatic carbocycles. The van der Waals surface area contributed by atoms with Crippen molar-refractivity contribution in [3.8, 4) is 5.88 Å². The molecule has 2 aromatic rings. The Morgan fingerprint density at radius 2 is 1.87 bits per heavy atom. The van der Waals surface area contributed by atoms with Crippen molar-refractivity contribution in [2.24, 2.45) is 5.92 Å². The first-order valence-corrected chi connectivity index (χ1v) is 11.7. The van der Waals surface area contributed by atoms with Gasteiger partial charge in [0.25, 0.3) is 0 Å². The topological polar surface area (TPSA) is 139 Å². The first kappa shape index (κ1) is 24.7. The van der Waals surface area contributed by atoms with Crippen LogP contribution in [0.25, 0.3) is 0 Å². The van der Waals surface area contributed by atoms with E-state index in [1.807, 2.05) is 20.8 Å². The van der Waals surface area contributed by atoms with Crippen molar-refractivity contribution in [3.05, 3.63) is 29.5 Å². The fourth-order valence-electron chi connectivity index (χ4n) is 2.97. The molecule has 12 heteroatoms. The van der Waals surface area contributed by atoms with Gasteiger partial charge >= 0.3 is 0 Å². The van der Waals surface area contributed by atoms with Gasteiger partial charge in [-0.15, -0.1) is 0 Å². The summed E-state index contributed by atoms with van der Waals surface area (Å²) in [6.45, 7) is 5.74. The molecule has 0 saturated carbocycles. The predicted molar refractivity (Wildman–Crippen MR) is 115 cm³/mol. The number of aromatic nitrogens is 4. The molecule has 10 nitrogen and oxygen atoms in total. The molecule has 0 saturated heterocycles. The lowest BCUT2D eigenvalue weighted by molar-refractivity contribution is 0.259. The fraction of sp³-hybridized carbons (Fsp3) is 0.579. The van der Waals surface area contributed by atoms with Crippen LogP contribution in [0.15, 0.2) is 12.3 Å². The van der Waals surface area contributed by atoms with Gasteiger partial charge in [0, 0.05) is 12.6 Å². The highest BCUT2D eigenvalue weighted by atomic mass is 32.2. The number of aliphatic hydroxyl groups is 1. The maximum atomic E-state index is 14.0. The van der Waals surface area contributed by atoms with Crippen molar-refractivity contribution >= 4 is 21.9 Å². The van der Waals surface area contributed by atoms with Crippen molar-refractivity contribution < 1.29 is 22.7 Å². The molecule has 2 aromatic heterocycles. The molecule has 0 aliphatic rings. The van der Waals surface area contributed by atoms with Gasteiger partial charge in [-0.05, 0) is 29.9 Å². The zero-order valence-corrected chi connectivity index (χ0v) is 19.1. The molecule has 31 heavy (non-hydrogen) atoms. The molecular weight excluding hydrogens is 427 g/mol. The van der Waals surface area contributed by atoms with E-state index in [4.69, 9.17) is 4.74 Å². The molecule has 3 N–H and O–H groups in total. The van der Waals surface area contributed by atoms with Crippen LogP contribution in [0.3, 0.4) is 0 Å². The standard InChI is InChI=1S/C19H29FN6O4S/c1-11(2)6-14(10-27)22-18-23-16(24-19(25-18)26-31(5,28)29)7-12(3)13-8-15(20)17(30-4)21-9-13/h8-9,11-12,14,27H,6-7,10H2,1-5H3,(H2,22,23,24,25,26). The Hall–Kier alpha value is -2.60. The van der Waals surface area contributed by atoms with Crippen LogP contribution in [0, 0.1) is 11.7 Å². The number of pyridine rings is 1. The lowest BCUT2D eigenvalue weighted by Crippen LogP contribution is -2.27. The highest BCUT2D eigenvalue weighted by Crippen LogP contribution is 2.23. The normalized spacial score (nSPS) is 13.7. The number of nitrogens with one attached hydrogen (secondary N) is 2. The number of hydrogen-bond acceptors (Lipinski definition) is 9. The van der Waals surface area contributed by atoms with Crippen molar-refractivity contribution in [2.45, 2.75) is 45.6 Å². The van der Waals surface area contributed by atoms with Crippen LogP contribution in [-0.2, 0) is 16.4 Å². The van der Waals surface area contributed by atoms with Gasteiger partial charge in [-0.2, -0.15) is 15.0 Å². The van der Waals surface area contributed by atoms with Gasteiger partial charge < -0.3 is 15.2 Å². The first-order chi connectivity index (χ1) is 14.5. The Morgan fingerprint density at radius 1 is 1.19 bits per heavy atom. The molecular formula is C19H29FN6O4S. The van der Waals surface area contributed by atoms with Gasteiger partial charge in [-0.25, -0.2) is 17.8 Å². The molecule has 0 spiro atoms. The second kappa shape index (κ2) is 10.6. The second-order valence-corrected chi connectivity index (χ2v) is 9.54. The number of hydrogen-bond donors (Lipinski definition) is 3. The Kier molecular flexibility index (Phi) is 8.45. The number of methoxy groups -OCH3 is 1. The Balaban J connectivity index is 2.31. The summed E-state index contributed by atoms with van der Waals surface area (Å²) in [5.41, 5.74) is 0.610. The summed E-state index contributed by atoms with van der Waals surface area (Å²) < 4.78 is 44.4. The third-order valence-electron chi connectivity index (χ3n) is 4.35. The maximum Gasteiger partial charge on any atom is 0.250 e. The number of ether oxygens (including phenoxy) is 1. The van der Waals surface area contributed by atoms with E-state index in [9.17, 15) is 17.9 Å². The van der Waals surface area contributed by atoms with Gasteiger partial charge in [-0.3, -0.25) is 4.72 Å². The van der Waals surface area contributed by atoms with Crippen molar-refractivity contribution in [2.75, 3.05) is 30.0 Å². The van der Waals surface area contributed by atoms with E-state index in [-0.39, 0.29) is 42.8 Å². The number of nitrogens with zero attached hydrogens (tertiary/aromatic N) is 4. The van der Waals surface area contributed by atoms with Crippen LogP contribution in [0.4, 0.5) is 16.3 Å². The summed E-state index contributed by atoms with van der Waals surface area (Å²) in [4.78, 5) is 16.6. The second-order valence-electron chi connectivity index (χ2n) is 7.79. The van der Waals surface area contributed by atoms with Crippen LogP contribution in [0.1, 0.15) is 44.5 Å². The molecule has 2 unspecified atom stereocenters. The lowest BCUT2D eigenvalue weighted by Gasteiger charge is -2.19. The molecule has 2 rings (SSSR count). The van der Waals surface area contributed by atoms with E-state index >= 15 is 0 Å². The van der Waals surface area contributed by atoms with Crippen molar-refractivity contribution in [1.82, 2.24) is 19.9 Å². The van der Waals surface area contributed by atoms with Crippen LogP contribution >= 0.6 is 0 Å². The molecule has 172 valence electrons. The molecule has 2 atom stereocenters. The zero-order chi connectivity index (χ0) is 23.2. The van der Waals surface area contributed by atoms with Crippen LogP contribution in [0.2, 0.25) is 0 Å². The highest BCUT2D eigenvalue weighted by Gasteiger charge is 2.18. The lowest BCUT2D eigenvalue weighted by atomic mass is 9.99. The van der Waals surface area contributed by atoms with E-state index in [1.165, 1.54) is 19.4 Å². The first-order valence-electron chi connectivity index (χ1n) is 9.80. The minimum Gasteiger partial charge on any atom is -0.479 e. The van der Waals surface area contributed by atoms with E-state index in [0.717, 1.165) is 6.26 Å². The monoisotopic (exact) mass is 456 g/mol. The molecule has 0 bridgehead atoms. The maximum absolute atomic E-state index is 14.0. The largest absolute Gasteiger partial charge is 0.479 e. The summed E-state index contributed by atoms with van der Waals surface area (Å²) in [5, 5.41) is 12.7. The van der Waals surface area contributed by atoms with E-state index < -0.39 is 15.8 Å². The minimum absolute atomic E-state index is 0.0950. The quantitative estimate of drug-likeness (QED) is 0.463. The Labute approximate surface area is 181 Å². The molecule has 0 radical (unpaired) electrons. The third-order valence-corrected chi connectivity index (χ3v) is 4.90. The van der Waals surface area contributed by atoms with Gasteiger partial charge in [-0.1, -0.05) is 20.8 Å². The summed E-state index contributed by atoms with van der Waals surface area (Å²) in [5.74, 6) is -0.278. The third kappa shape index (κ3) is 7.87. The zero-order valence-electron chi connectivity index (χ0n) is 18.3. The smallest absolute Gasteiger partial charge is 0.250 e. The minimum atomic E-state index is -3.61. The summed E-state index contributed by atoms with van der Waals surface area (Å²) in [6, 6.07) is 1.02. The average Bonchev–Trinajstić information content (AvgIpc) is 2.65. The van der Waals surface area contributed by atoms with Crippen molar-refractivity contribution in [1.29, 1.82) is 0 Å². The number of halogens is 1. The molecule has 0 aliphatic heterocycles. The fourth-order valence-corrected chi connectivity index (χ4v) is 3.39. The van der Waals surface area contributed by atoms with Gasteiger partial charge in [0.1, 0.15) is 5.82 Å². The summed E-state index contributed by atoms with van der Waals surface area (Å²) in [6.07, 6.45) is 3.44. The van der Waals surface area contributed by atoms with Gasteiger partial charge in [0.15, 0.2) is 5.82 Å². The van der Waals surface area contributed by atoms with Crippen LogP contribution < -0.4 is 14.8 Å². The number of aliphatic hydroxyl groups excluding tert-OH is 1. The van der Waals surface area contributed by atoms with Crippen molar-refractivity contribution in [3.63, 3.8) is 0 Å².